The second-order valence-corrected chi connectivity index (χ2v) is 5.50. The van der Waals surface area contributed by atoms with E-state index in [1.54, 1.807) is 24.3 Å². The molecular weight excluding hydrogens is 304 g/mol. The first kappa shape index (κ1) is 16.2. The molecule has 0 saturated carbocycles. The van der Waals surface area contributed by atoms with Crippen LogP contribution in [0.1, 0.15) is 30.3 Å². The molecule has 1 amide bonds. The van der Waals surface area contributed by atoms with Gasteiger partial charge in [-0.2, -0.15) is 0 Å². The van der Waals surface area contributed by atoms with Gasteiger partial charge < -0.3 is 10.4 Å². The molecule has 1 aromatic heterocycles. The zero-order chi connectivity index (χ0) is 16.1. The molecule has 2 aromatic rings. The van der Waals surface area contributed by atoms with Gasteiger partial charge in [-0.1, -0.05) is 37.1 Å². The summed E-state index contributed by atoms with van der Waals surface area (Å²) in [6, 6.07) is 8.67. The fourth-order valence-electron chi connectivity index (χ4n) is 2.18. The molecule has 5 nitrogen and oxygen atoms in total. The van der Waals surface area contributed by atoms with Crippen LogP contribution in [0.2, 0.25) is 5.02 Å². The summed E-state index contributed by atoms with van der Waals surface area (Å²) in [6.45, 7) is 2.00. The highest BCUT2D eigenvalue weighted by Gasteiger charge is 2.18. The molecule has 1 aromatic carbocycles. The number of fused-ring (bicyclic) bond motifs is 1. The maximum absolute atomic E-state index is 12.1. The Balaban J connectivity index is 2.10. The van der Waals surface area contributed by atoms with Crippen LogP contribution < -0.4 is 5.32 Å². The Morgan fingerprint density at radius 3 is 2.73 bits per heavy atom. The van der Waals surface area contributed by atoms with E-state index in [2.05, 4.69) is 10.3 Å². The standard InChI is InChI=1S/C16H17ClN2O3/c1-2-3-11(16(21)22)9-18-15(20)13-7-5-10-4-6-12(17)8-14(10)19-13/h4-8,11H,2-3,9H2,1H3,(H,18,20)(H,21,22). The first-order valence-electron chi connectivity index (χ1n) is 7.08. The van der Waals surface area contributed by atoms with Crippen molar-refractivity contribution in [1.82, 2.24) is 10.3 Å². The number of aliphatic carboxylic acids is 1. The van der Waals surface area contributed by atoms with Crippen molar-refractivity contribution >= 4 is 34.4 Å². The molecule has 0 saturated heterocycles. The maximum Gasteiger partial charge on any atom is 0.308 e. The molecule has 2 rings (SSSR count). The zero-order valence-electron chi connectivity index (χ0n) is 12.2. The fraction of sp³-hybridized carbons (Fsp3) is 0.312. The predicted molar refractivity (Wildman–Crippen MR) is 85.1 cm³/mol. The zero-order valence-corrected chi connectivity index (χ0v) is 12.9. The van der Waals surface area contributed by atoms with Gasteiger partial charge in [-0.25, -0.2) is 4.98 Å². The fourth-order valence-corrected chi connectivity index (χ4v) is 2.35. The molecule has 116 valence electrons. The number of benzene rings is 1. The summed E-state index contributed by atoms with van der Waals surface area (Å²) in [5.41, 5.74) is 0.874. The second kappa shape index (κ2) is 7.22. The molecule has 0 fully saturated rings. The lowest BCUT2D eigenvalue weighted by molar-refractivity contribution is -0.141. The van der Waals surface area contributed by atoms with Gasteiger partial charge in [-0.3, -0.25) is 9.59 Å². The molecule has 1 unspecified atom stereocenters. The molecule has 6 heteroatoms. The second-order valence-electron chi connectivity index (χ2n) is 5.07. The van der Waals surface area contributed by atoms with E-state index in [4.69, 9.17) is 16.7 Å². The summed E-state index contributed by atoms with van der Waals surface area (Å²) in [4.78, 5) is 27.4. The molecule has 2 N–H and O–H groups in total. The quantitative estimate of drug-likeness (QED) is 0.857. The lowest BCUT2D eigenvalue weighted by Gasteiger charge is -2.12. The third-order valence-corrected chi connectivity index (χ3v) is 3.62. The van der Waals surface area contributed by atoms with E-state index in [0.717, 1.165) is 11.8 Å². The highest BCUT2D eigenvalue weighted by atomic mass is 35.5. The largest absolute Gasteiger partial charge is 0.481 e. The van der Waals surface area contributed by atoms with Gasteiger partial charge in [-0.05, 0) is 24.6 Å². The van der Waals surface area contributed by atoms with Gasteiger partial charge in [0.15, 0.2) is 0 Å². The number of hydrogen-bond donors (Lipinski definition) is 2. The van der Waals surface area contributed by atoms with E-state index >= 15 is 0 Å². The number of carboxylic acids is 1. The summed E-state index contributed by atoms with van der Waals surface area (Å²) >= 11 is 5.92. The summed E-state index contributed by atoms with van der Waals surface area (Å²) in [6.07, 6.45) is 1.27. The van der Waals surface area contributed by atoms with Crippen LogP contribution in [-0.2, 0) is 4.79 Å². The van der Waals surface area contributed by atoms with Crippen molar-refractivity contribution in [2.75, 3.05) is 6.54 Å². The summed E-state index contributed by atoms with van der Waals surface area (Å²) < 4.78 is 0. The van der Waals surface area contributed by atoms with Crippen molar-refractivity contribution in [3.63, 3.8) is 0 Å². The van der Waals surface area contributed by atoms with Gasteiger partial charge in [0.25, 0.3) is 5.91 Å². The molecule has 0 spiro atoms. The number of nitrogens with one attached hydrogen (secondary N) is 1. The van der Waals surface area contributed by atoms with Crippen molar-refractivity contribution in [3.05, 3.63) is 41.0 Å². The van der Waals surface area contributed by atoms with Crippen LogP contribution in [-0.4, -0.2) is 28.5 Å². The van der Waals surface area contributed by atoms with Crippen molar-refractivity contribution in [2.45, 2.75) is 19.8 Å². The molecule has 22 heavy (non-hydrogen) atoms. The Bertz CT molecular complexity index is 703. The van der Waals surface area contributed by atoms with Crippen LogP contribution in [0, 0.1) is 5.92 Å². The van der Waals surface area contributed by atoms with E-state index in [9.17, 15) is 9.59 Å². The van der Waals surface area contributed by atoms with E-state index < -0.39 is 11.9 Å². The van der Waals surface area contributed by atoms with Gasteiger partial charge in [0.1, 0.15) is 5.69 Å². The highest BCUT2D eigenvalue weighted by Crippen LogP contribution is 2.18. The Kier molecular flexibility index (Phi) is 5.33. The van der Waals surface area contributed by atoms with E-state index in [-0.39, 0.29) is 18.1 Å². The van der Waals surface area contributed by atoms with Gasteiger partial charge in [-0.15, -0.1) is 0 Å². The topological polar surface area (TPSA) is 79.3 Å². The van der Waals surface area contributed by atoms with Crippen molar-refractivity contribution in [3.8, 4) is 0 Å². The average molecular weight is 321 g/mol. The van der Waals surface area contributed by atoms with Crippen molar-refractivity contribution in [2.24, 2.45) is 5.92 Å². The third kappa shape index (κ3) is 3.95. The number of amides is 1. The Labute approximate surface area is 133 Å². The predicted octanol–water partition coefficient (Wildman–Crippen LogP) is 3.12. The minimum absolute atomic E-state index is 0.0945. The molecule has 0 aliphatic carbocycles. The molecule has 0 aliphatic rings. The molecule has 1 atom stereocenters. The van der Waals surface area contributed by atoms with Crippen LogP contribution in [0.25, 0.3) is 10.9 Å². The lowest BCUT2D eigenvalue weighted by Crippen LogP contribution is -2.33. The average Bonchev–Trinajstić information content (AvgIpc) is 2.50. The number of nitrogens with zero attached hydrogens (tertiary/aromatic N) is 1. The molecule has 0 aliphatic heterocycles. The van der Waals surface area contributed by atoms with Crippen LogP contribution >= 0.6 is 11.6 Å². The van der Waals surface area contributed by atoms with Crippen molar-refractivity contribution < 1.29 is 14.7 Å². The molecule has 1 heterocycles. The van der Waals surface area contributed by atoms with Crippen LogP contribution in [0.5, 0.6) is 0 Å². The number of rotatable bonds is 6. The minimum atomic E-state index is -0.902. The monoisotopic (exact) mass is 320 g/mol. The third-order valence-electron chi connectivity index (χ3n) is 3.38. The number of carbonyl (C=O) groups is 2. The van der Waals surface area contributed by atoms with Crippen LogP contribution in [0.4, 0.5) is 0 Å². The Morgan fingerprint density at radius 1 is 1.32 bits per heavy atom. The number of hydrogen-bond acceptors (Lipinski definition) is 3. The van der Waals surface area contributed by atoms with E-state index in [0.29, 0.717) is 17.0 Å². The van der Waals surface area contributed by atoms with Gasteiger partial charge in [0.05, 0.1) is 11.4 Å². The van der Waals surface area contributed by atoms with E-state index in [1.165, 1.54) is 0 Å². The van der Waals surface area contributed by atoms with E-state index in [1.807, 2.05) is 13.0 Å². The SMILES string of the molecule is CCCC(CNC(=O)c1ccc2ccc(Cl)cc2n1)C(=O)O. The first-order valence-corrected chi connectivity index (χ1v) is 7.46. The lowest BCUT2D eigenvalue weighted by atomic mass is 10.0. The summed E-state index contributed by atoms with van der Waals surface area (Å²) in [5, 5.41) is 13.1. The number of pyridine rings is 1. The number of halogens is 1. The van der Waals surface area contributed by atoms with Crippen LogP contribution in [0.3, 0.4) is 0 Å². The molecular formula is C16H17ClN2O3. The van der Waals surface area contributed by atoms with Crippen LogP contribution in [0.15, 0.2) is 30.3 Å². The minimum Gasteiger partial charge on any atom is -0.481 e. The number of aromatic nitrogens is 1. The number of carboxylic acid groups (broad SMARTS) is 1. The van der Waals surface area contributed by atoms with Gasteiger partial charge >= 0.3 is 5.97 Å². The van der Waals surface area contributed by atoms with Gasteiger partial charge in [0, 0.05) is 17.0 Å². The normalized spacial score (nSPS) is 12.1. The Hall–Kier alpha value is -2.14. The summed E-state index contributed by atoms with van der Waals surface area (Å²) in [7, 11) is 0. The van der Waals surface area contributed by atoms with Gasteiger partial charge in [0.2, 0.25) is 0 Å². The Morgan fingerprint density at radius 2 is 2.05 bits per heavy atom. The molecule has 0 radical (unpaired) electrons. The first-order chi connectivity index (χ1) is 10.5. The summed E-state index contributed by atoms with van der Waals surface area (Å²) in [5.74, 6) is -1.87. The molecule has 0 bridgehead atoms. The smallest absolute Gasteiger partial charge is 0.308 e. The van der Waals surface area contributed by atoms with Crippen molar-refractivity contribution in [1.29, 1.82) is 0 Å². The number of carbonyl (C=O) groups excluding carboxylic acids is 1. The highest BCUT2D eigenvalue weighted by molar-refractivity contribution is 6.31. The maximum atomic E-state index is 12.1.